The molecule has 5 heteroatoms. The maximum absolute atomic E-state index is 13.3. The molecule has 0 unspecified atom stereocenters. The van der Waals surface area contributed by atoms with Gasteiger partial charge in [0.25, 0.3) is 0 Å². The van der Waals surface area contributed by atoms with E-state index in [-0.39, 0.29) is 18.1 Å². The van der Waals surface area contributed by atoms with Gasteiger partial charge in [0.2, 0.25) is 5.91 Å². The molecule has 0 aliphatic rings. The Labute approximate surface area is 125 Å². The van der Waals surface area contributed by atoms with E-state index >= 15 is 0 Å². The van der Waals surface area contributed by atoms with Crippen LogP contribution in [0.15, 0.2) is 53.0 Å². The van der Waals surface area contributed by atoms with Gasteiger partial charge in [-0.1, -0.05) is 24.3 Å². The van der Waals surface area contributed by atoms with Gasteiger partial charge in [-0.15, -0.1) is 0 Å². The van der Waals surface area contributed by atoms with Gasteiger partial charge in [-0.2, -0.15) is 0 Å². The lowest BCUT2D eigenvalue weighted by atomic mass is 10.3. The lowest BCUT2D eigenvalue weighted by molar-refractivity contribution is -0.115. The molecule has 2 aromatic carbocycles. The summed E-state index contributed by atoms with van der Waals surface area (Å²) in [5, 5.41) is 5.69. The number of rotatable bonds is 5. The van der Waals surface area contributed by atoms with Gasteiger partial charge >= 0.3 is 0 Å². The highest BCUT2D eigenvalue weighted by molar-refractivity contribution is 9.10. The molecule has 0 atom stereocenters. The minimum Gasteiger partial charge on any atom is -0.382 e. The van der Waals surface area contributed by atoms with E-state index in [4.69, 9.17) is 0 Å². The predicted molar refractivity (Wildman–Crippen MR) is 82.3 cm³/mol. The van der Waals surface area contributed by atoms with Crippen LogP contribution in [0.25, 0.3) is 0 Å². The molecule has 0 saturated heterocycles. The third-order valence-corrected chi connectivity index (χ3v) is 3.38. The van der Waals surface area contributed by atoms with E-state index in [0.29, 0.717) is 12.2 Å². The van der Waals surface area contributed by atoms with Crippen molar-refractivity contribution in [3.05, 3.63) is 58.8 Å². The first-order valence-electron chi connectivity index (χ1n) is 6.19. The van der Waals surface area contributed by atoms with Gasteiger partial charge in [-0.3, -0.25) is 4.79 Å². The zero-order valence-corrected chi connectivity index (χ0v) is 12.3. The molecule has 0 bridgehead atoms. The van der Waals surface area contributed by atoms with Crippen molar-refractivity contribution in [2.75, 3.05) is 17.2 Å². The SMILES string of the molecule is O=C(CCNc1ccccc1F)Nc1ccccc1Br. The number of nitrogens with one attached hydrogen (secondary N) is 2. The van der Waals surface area contributed by atoms with Gasteiger partial charge in [0, 0.05) is 17.4 Å². The molecular weight excluding hydrogens is 323 g/mol. The molecule has 0 saturated carbocycles. The van der Waals surface area contributed by atoms with Crippen molar-refractivity contribution in [3.8, 4) is 0 Å². The highest BCUT2D eigenvalue weighted by Gasteiger charge is 2.05. The predicted octanol–water partition coefficient (Wildman–Crippen LogP) is 4.03. The first-order chi connectivity index (χ1) is 9.66. The Kier molecular flexibility index (Phi) is 5.12. The van der Waals surface area contributed by atoms with Gasteiger partial charge in [0.1, 0.15) is 5.82 Å². The van der Waals surface area contributed by atoms with Crippen LogP contribution in [0.4, 0.5) is 15.8 Å². The summed E-state index contributed by atoms with van der Waals surface area (Å²) in [4.78, 5) is 11.8. The van der Waals surface area contributed by atoms with Gasteiger partial charge < -0.3 is 10.6 Å². The van der Waals surface area contributed by atoms with Crippen molar-refractivity contribution in [2.24, 2.45) is 0 Å². The normalized spacial score (nSPS) is 10.1. The summed E-state index contributed by atoms with van der Waals surface area (Å²) in [5.74, 6) is -0.445. The number of hydrogen-bond donors (Lipinski definition) is 2. The van der Waals surface area contributed by atoms with Crippen molar-refractivity contribution in [2.45, 2.75) is 6.42 Å². The van der Waals surface area contributed by atoms with Crippen molar-refractivity contribution in [1.82, 2.24) is 0 Å². The molecule has 0 radical (unpaired) electrons. The second-order valence-corrected chi connectivity index (χ2v) is 5.04. The number of para-hydroxylation sites is 2. The van der Waals surface area contributed by atoms with Crippen LogP contribution in [0.5, 0.6) is 0 Å². The Morgan fingerprint density at radius 2 is 1.70 bits per heavy atom. The van der Waals surface area contributed by atoms with E-state index < -0.39 is 0 Å². The van der Waals surface area contributed by atoms with Crippen LogP contribution in [0.3, 0.4) is 0 Å². The van der Waals surface area contributed by atoms with Gasteiger partial charge in [0.15, 0.2) is 0 Å². The highest BCUT2D eigenvalue weighted by Crippen LogP contribution is 2.21. The van der Waals surface area contributed by atoms with Crippen LogP contribution in [0.1, 0.15) is 6.42 Å². The van der Waals surface area contributed by atoms with E-state index in [9.17, 15) is 9.18 Å². The number of carbonyl (C=O) groups is 1. The largest absolute Gasteiger partial charge is 0.382 e. The molecule has 0 spiro atoms. The fourth-order valence-electron chi connectivity index (χ4n) is 1.69. The topological polar surface area (TPSA) is 41.1 Å². The Balaban J connectivity index is 1.82. The third kappa shape index (κ3) is 4.06. The maximum atomic E-state index is 13.3. The summed E-state index contributed by atoms with van der Waals surface area (Å²) in [6.07, 6.45) is 0.260. The van der Waals surface area contributed by atoms with E-state index in [1.807, 2.05) is 24.3 Å². The van der Waals surface area contributed by atoms with Crippen LogP contribution >= 0.6 is 15.9 Å². The van der Waals surface area contributed by atoms with E-state index in [1.54, 1.807) is 18.2 Å². The van der Waals surface area contributed by atoms with Crippen molar-refractivity contribution in [3.63, 3.8) is 0 Å². The number of carbonyl (C=O) groups excluding carboxylic acids is 1. The summed E-state index contributed by atoms with van der Waals surface area (Å²) < 4.78 is 14.2. The molecule has 0 aliphatic heterocycles. The van der Waals surface area contributed by atoms with E-state index in [1.165, 1.54) is 6.07 Å². The average Bonchev–Trinajstić information content (AvgIpc) is 2.43. The van der Waals surface area contributed by atoms with E-state index in [0.717, 1.165) is 10.2 Å². The minimum atomic E-state index is -0.321. The van der Waals surface area contributed by atoms with Crippen molar-refractivity contribution in [1.29, 1.82) is 0 Å². The zero-order chi connectivity index (χ0) is 14.4. The second-order valence-electron chi connectivity index (χ2n) is 4.18. The number of hydrogen-bond acceptors (Lipinski definition) is 2. The molecule has 0 aromatic heterocycles. The summed E-state index contributed by atoms with van der Waals surface area (Å²) >= 11 is 3.36. The lowest BCUT2D eigenvalue weighted by Crippen LogP contribution is -2.16. The monoisotopic (exact) mass is 336 g/mol. The summed E-state index contributed by atoms with van der Waals surface area (Å²) in [6, 6.07) is 13.8. The molecule has 1 amide bonds. The van der Waals surface area contributed by atoms with Crippen molar-refractivity contribution < 1.29 is 9.18 Å². The van der Waals surface area contributed by atoms with Gasteiger partial charge in [0.05, 0.1) is 11.4 Å². The molecule has 0 fully saturated rings. The lowest BCUT2D eigenvalue weighted by Gasteiger charge is -2.09. The van der Waals surface area contributed by atoms with Crippen LogP contribution < -0.4 is 10.6 Å². The fraction of sp³-hybridized carbons (Fsp3) is 0.133. The average molecular weight is 337 g/mol. The number of halogens is 2. The first kappa shape index (κ1) is 14.5. The molecule has 2 aromatic rings. The van der Waals surface area contributed by atoms with Crippen LogP contribution in [-0.2, 0) is 4.79 Å². The van der Waals surface area contributed by atoms with Gasteiger partial charge in [-0.25, -0.2) is 4.39 Å². The smallest absolute Gasteiger partial charge is 0.226 e. The van der Waals surface area contributed by atoms with Gasteiger partial charge in [-0.05, 0) is 40.2 Å². The first-order valence-corrected chi connectivity index (χ1v) is 6.99. The Morgan fingerprint density at radius 1 is 1.05 bits per heavy atom. The van der Waals surface area contributed by atoms with Crippen LogP contribution in [0.2, 0.25) is 0 Å². The third-order valence-electron chi connectivity index (χ3n) is 2.69. The maximum Gasteiger partial charge on any atom is 0.226 e. The second kappa shape index (κ2) is 7.05. The summed E-state index contributed by atoms with van der Waals surface area (Å²) in [5.41, 5.74) is 1.13. The number of anilines is 2. The Hall–Kier alpha value is -1.88. The molecule has 104 valence electrons. The summed E-state index contributed by atoms with van der Waals surface area (Å²) in [7, 11) is 0. The molecule has 0 heterocycles. The number of benzene rings is 2. The minimum absolute atomic E-state index is 0.124. The Morgan fingerprint density at radius 3 is 2.40 bits per heavy atom. The van der Waals surface area contributed by atoms with Crippen molar-refractivity contribution >= 4 is 33.2 Å². The molecule has 2 rings (SSSR count). The molecule has 0 aliphatic carbocycles. The number of amides is 1. The standard InChI is InChI=1S/C15H14BrFN2O/c16-11-5-1-3-7-13(11)19-15(20)9-10-18-14-8-4-2-6-12(14)17/h1-8,18H,9-10H2,(H,19,20). The molecule has 2 N–H and O–H groups in total. The Bertz CT molecular complexity index is 604. The fourth-order valence-corrected chi connectivity index (χ4v) is 2.07. The van der Waals surface area contributed by atoms with E-state index in [2.05, 4.69) is 26.6 Å². The zero-order valence-electron chi connectivity index (χ0n) is 10.7. The molecule has 3 nitrogen and oxygen atoms in total. The van der Waals surface area contributed by atoms with Crippen LogP contribution in [0, 0.1) is 5.82 Å². The molecule has 20 heavy (non-hydrogen) atoms. The van der Waals surface area contributed by atoms with Crippen LogP contribution in [-0.4, -0.2) is 12.5 Å². The highest BCUT2D eigenvalue weighted by atomic mass is 79.9. The summed E-state index contributed by atoms with van der Waals surface area (Å²) in [6.45, 7) is 0.372. The quantitative estimate of drug-likeness (QED) is 0.865. The molecular formula is C15H14BrFN2O.